The van der Waals surface area contributed by atoms with Crippen molar-refractivity contribution in [2.24, 2.45) is 4.99 Å². The summed E-state index contributed by atoms with van der Waals surface area (Å²) in [6, 6.07) is 16.6. The predicted octanol–water partition coefficient (Wildman–Crippen LogP) is 4.91. The number of rotatable bonds is 6. The lowest BCUT2D eigenvalue weighted by Gasteiger charge is -2.15. The van der Waals surface area contributed by atoms with E-state index in [1.165, 1.54) is 16.2 Å². The number of benzene rings is 2. The molecule has 0 atom stereocenters. The predicted molar refractivity (Wildman–Crippen MR) is 137 cm³/mol. The fraction of sp³-hybridized carbons (Fsp3) is 0.259. The maximum Gasteiger partial charge on any atom is 0.326 e. The van der Waals surface area contributed by atoms with E-state index in [-0.39, 0.29) is 30.7 Å². The third kappa shape index (κ3) is 4.49. The van der Waals surface area contributed by atoms with Crippen LogP contribution in [-0.2, 0) is 27.2 Å². The zero-order valence-corrected chi connectivity index (χ0v) is 20.2. The molecule has 1 aromatic heterocycles. The summed E-state index contributed by atoms with van der Waals surface area (Å²) in [5, 5.41) is 3.51. The highest BCUT2D eigenvalue weighted by atomic mass is 32.1. The van der Waals surface area contributed by atoms with Crippen LogP contribution in [0.25, 0.3) is 0 Å². The zero-order chi connectivity index (χ0) is 24.4. The van der Waals surface area contributed by atoms with Gasteiger partial charge in [-0.15, -0.1) is 11.3 Å². The normalized spacial score (nSPS) is 15.6. The molecule has 0 fully saturated rings. The molecule has 2 amide bonds. The van der Waals surface area contributed by atoms with Crippen LogP contribution in [-0.4, -0.2) is 36.6 Å². The van der Waals surface area contributed by atoms with Crippen molar-refractivity contribution in [2.75, 3.05) is 23.4 Å². The number of esters is 1. The standard InChI is InChI=1S/C27H25N3O4S/c1-2-34-22(31)16-30-20-14-8-6-12-18(20)24(27(30)33)29-26-23(19-13-7-9-15-21(19)35-26)25(32)28-17-10-4-3-5-11-17/h3-6,8,10-12,14H,2,7,9,13,15-16H2,1H3,(H,28,32). The number of thiophene rings is 1. The average Bonchev–Trinajstić information content (AvgIpc) is 3.36. The molecule has 0 spiro atoms. The number of hydrogen-bond donors (Lipinski definition) is 1. The van der Waals surface area contributed by atoms with Gasteiger partial charge in [-0.1, -0.05) is 36.4 Å². The molecule has 2 heterocycles. The van der Waals surface area contributed by atoms with E-state index in [1.54, 1.807) is 13.0 Å². The maximum atomic E-state index is 13.4. The second-order valence-electron chi connectivity index (χ2n) is 8.39. The number of nitrogens with zero attached hydrogens (tertiary/aromatic N) is 2. The van der Waals surface area contributed by atoms with E-state index < -0.39 is 5.97 Å². The van der Waals surface area contributed by atoms with E-state index in [9.17, 15) is 14.4 Å². The highest BCUT2D eigenvalue weighted by Gasteiger charge is 2.36. The minimum Gasteiger partial charge on any atom is -0.465 e. The summed E-state index contributed by atoms with van der Waals surface area (Å²) in [7, 11) is 0. The quantitative estimate of drug-likeness (QED) is 0.501. The summed E-state index contributed by atoms with van der Waals surface area (Å²) in [5.74, 6) is -1.08. The Kier molecular flexibility index (Phi) is 6.46. The number of anilines is 2. The fourth-order valence-corrected chi connectivity index (χ4v) is 5.81. The first-order chi connectivity index (χ1) is 17.1. The van der Waals surface area contributed by atoms with E-state index in [0.717, 1.165) is 36.1 Å². The van der Waals surface area contributed by atoms with Crippen molar-refractivity contribution in [1.82, 2.24) is 0 Å². The molecule has 1 aliphatic carbocycles. The largest absolute Gasteiger partial charge is 0.465 e. The van der Waals surface area contributed by atoms with Crippen molar-refractivity contribution in [3.8, 4) is 0 Å². The minimum absolute atomic E-state index is 0.189. The van der Waals surface area contributed by atoms with Crippen LogP contribution in [0.5, 0.6) is 0 Å². The lowest BCUT2D eigenvalue weighted by molar-refractivity contribution is -0.142. The van der Waals surface area contributed by atoms with Crippen LogP contribution >= 0.6 is 11.3 Å². The number of amides is 2. The van der Waals surface area contributed by atoms with Crippen molar-refractivity contribution in [1.29, 1.82) is 0 Å². The van der Waals surface area contributed by atoms with Gasteiger partial charge in [0.2, 0.25) is 0 Å². The molecular formula is C27H25N3O4S. The fourth-order valence-electron chi connectivity index (χ4n) is 4.54. The number of fused-ring (bicyclic) bond motifs is 2. The molecule has 2 aromatic carbocycles. The summed E-state index contributed by atoms with van der Waals surface area (Å²) in [5.41, 5.74) is 3.75. The molecular weight excluding hydrogens is 462 g/mol. The molecule has 178 valence electrons. The molecule has 2 aliphatic rings. The van der Waals surface area contributed by atoms with Crippen LogP contribution in [0.3, 0.4) is 0 Å². The highest BCUT2D eigenvalue weighted by Crippen LogP contribution is 2.41. The molecule has 3 aromatic rings. The van der Waals surface area contributed by atoms with E-state index in [1.807, 2.05) is 48.5 Å². The highest BCUT2D eigenvalue weighted by molar-refractivity contribution is 7.16. The van der Waals surface area contributed by atoms with Gasteiger partial charge in [-0.25, -0.2) is 4.99 Å². The van der Waals surface area contributed by atoms with E-state index in [2.05, 4.69) is 5.32 Å². The Labute approximate surface area is 207 Å². The Balaban J connectivity index is 1.56. The Morgan fingerprint density at radius 1 is 1.06 bits per heavy atom. The zero-order valence-electron chi connectivity index (χ0n) is 19.4. The van der Waals surface area contributed by atoms with Gasteiger partial charge in [-0.3, -0.25) is 19.3 Å². The molecule has 5 rings (SSSR count). The molecule has 0 radical (unpaired) electrons. The second kappa shape index (κ2) is 9.84. The third-order valence-corrected chi connectivity index (χ3v) is 7.30. The minimum atomic E-state index is -0.480. The van der Waals surface area contributed by atoms with E-state index >= 15 is 0 Å². The number of carbonyl (C=O) groups is 3. The number of aryl methyl sites for hydroxylation is 1. The Morgan fingerprint density at radius 2 is 1.80 bits per heavy atom. The van der Waals surface area contributed by atoms with Crippen molar-refractivity contribution in [3.63, 3.8) is 0 Å². The van der Waals surface area contributed by atoms with Gasteiger partial charge in [0.15, 0.2) is 0 Å². The average molecular weight is 488 g/mol. The van der Waals surface area contributed by atoms with Gasteiger partial charge in [0, 0.05) is 16.1 Å². The smallest absolute Gasteiger partial charge is 0.326 e. The van der Waals surface area contributed by atoms with Crippen molar-refractivity contribution >= 4 is 51.2 Å². The van der Waals surface area contributed by atoms with Crippen molar-refractivity contribution < 1.29 is 19.1 Å². The molecule has 1 aliphatic heterocycles. The summed E-state index contributed by atoms with van der Waals surface area (Å²) in [6.07, 6.45) is 3.79. The molecule has 0 saturated carbocycles. The number of carbonyl (C=O) groups excluding carboxylic acids is 3. The van der Waals surface area contributed by atoms with Crippen LogP contribution in [0.2, 0.25) is 0 Å². The Bertz CT molecular complexity index is 1330. The van der Waals surface area contributed by atoms with Gasteiger partial charge >= 0.3 is 5.97 Å². The van der Waals surface area contributed by atoms with Crippen LogP contribution in [0, 0.1) is 0 Å². The van der Waals surface area contributed by atoms with Gasteiger partial charge in [-0.2, -0.15) is 0 Å². The van der Waals surface area contributed by atoms with E-state index in [0.29, 0.717) is 27.5 Å². The van der Waals surface area contributed by atoms with Crippen LogP contribution in [0.15, 0.2) is 59.6 Å². The maximum absolute atomic E-state index is 13.4. The molecule has 0 bridgehead atoms. The molecule has 35 heavy (non-hydrogen) atoms. The van der Waals surface area contributed by atoms with Crippen molar-refractivity contribution in [2.45, 2.75) is 32.6 Å². The van der Waals surface area contributed by atoms with Gasteiger partial charge < -0.3 is 10.1 Å². The van der Waals surface area contributed by atoms with Gasteiger partial charge in [0.25, 0.3) is 11.8 Å². The lowest BCUT2D eigenvalue weighted by Crippen LogP contribution is -2.35. The number of nitrogens with one attached hydrogen (secondary N) is 1. The van der Waals surface area contributed by atoms with Gasteiger partial charge in [0.05, 0.1) is 17.9 Å². The molecule has 0 saturated heterocycles. The van der Waals surface area contributed by atoms with E-state index in [4.69, 9.17) is 9.73 Å². The number of hydrogen-bond acceptors (Lipinski definition) is 6. The summed E-state index contributed by atoms with van der Waals surface area (Å²) in [6.45, 7) is 1.78. The monoisotopic (exact) mass is 487 g/mol. The molecule has 1 N–H and O–H groups in total. The van der Waals surface area contributed by atoms with Gasteiger partial charge in [-0.05, 0) is 56.4 Å². The SMILES string of the molecule is CCOC(=O)CN1C(=O)C(=Nc2sc3c(c2C(=O)Nc2ccccc2)CCCC3)c2ccccc21. The first-order valence-electron chi connectivity index (χ1n) is 11.7. The van der Waals surface area contributed by atoms with Crippen LogP contribution in [0.1, 0.15) is 46.1 Å². The van der Waals surface area contributed by atoms with Gasteiger partial charge in [0.1, 0.15) is 17.3 Å². The molecule has 7 nitrogen and oxygen atoms in total. The van der Waals surface area contributed by atoms with Crippen molar-refractivity contribution in [3.05, 3.63) is 76.2 Å². The summed E-state index contributed by atoms with van der Waals surface area (Å²) < 4.78 is 5.06. The number of aliphatic imine (C=N–C) groups is 1. The lowest BCUT2D eigenvalue weighted by atomic mass is 9.95. The first kappa shape index (κ1) is 23.0. The Hall–Kier alpha value is -3.78. The second-order valence-corrected chi connectivity index (χ2v) is 9.47. The molecule has 0 unspecified atom stereocenters. The topological polar surface area (TPSA) is 88.1 Å². The van der Waals surface area contributed by atoms with Crippen LogP contribution < -0.4 is 10.2 Å². The Morgan fingerprint density at radius 3 is 2.60 bits per heavy atom. The first-order valence-corrected chi connectivity index (χ1v) is 12.5. The third-order valence-electron chi connectivity index (χ3n) is 6.12. The summed E-state index contributed by atoms with van der Waals surface area (Å²) in [4.78, 5) is 46.3. The molecule has 8 heteroatoms. The van der Waals surface area contributed by atoms with Crippen LogP contribution in [0.4, 0.5) is 16.4 Å². The number of ether oxygens (including phenoxy) is 1. The summed E-state index contributed by atoms with van der Waals surface area (Å²) >= 11 is 1.48. The number of para-hydroxylation sites is 2.